The largest absolute Gasteiger partial charge is 0.334 e. The SMILES string of the molecule is CSc1ncccc1C(=O)N1CCc2nc(C)ncc2C1. The molecule has 5 nitrogen and oxygen atoms in total. The average molecular weight is 300 g/mol. The van der Waals surface area contributed by atoms with Crippen LogP contribution >= 0.6 is 11.8 Å². The molecule has 0 saturated carbocycles. The number of carbonyl (C=O) groups excluding carboxylic acids is 1. The van der Waals surface area contributed by atoms with Gasteiger partial charge in [0.2, 0.25) is 0 Å². The molecule has 0 unspecified atom stereocenters. The molecule has 0 saturated heterocycles. The molecule has 1 amide bonds. The van der Waals surface area contributed by atoms with Crippen LogP contribution in [0.25, 0.3) is 0 Å². The Morgan fingerprint density at radius 2 is 2.24 bits per heavy atom. The van der Waals surface area contributed by atoms with Crippen LogP contribution in [-0.2, 0) is 13.0 Å². The van der Waals surface area contributed by atoms with E-state index in [1.165, 1.54) is 11.8 Å². The van der Waals surface area contributed by atoms with Crippen molar-refractivity contribution in [2.45, 2.75) is 24.9 Å². The van der Waals surface area contributed by atoms with Gasteiger partial charge in [0.15, 0.2) is 0 Å². The lowest BCUT2D eigenvalue weighted by Crippen LogP contribution is -2.36. The maximum atomic E-state index is 12.7. The predicted octanol–water partition coefficient (Wildman–Crippen LogP) is 2.10. The fourth-order valence-electron chi connectivity index (χ4n) is 2.48. The summed E-state index contributed by atoms with van der Waals surface area (Å²) < 4.78 is 0. The van der Waals surface area contributed by atoms with E-state index in [1.807, 2.05) is 30.3 Å². The van der Waals surface area contributed by atoms with E-state index in [9.17, 15) is 4.79 Å². The molecule has 2 aromatic rings. The summed E-state index contributed by atoms with van der Waals surface area (Å²) >= 11 is 1.49. The van der Waals surface area contributed by atoms with Crippen molar-refractivity contribution in [2.75, 3.05) is 12.8 Å². The van der Waals surface area contributed by atoms with Crippen LogP contribution in [0.3, 0.4) is 0 Å². The van der Waals surface area contributed by atoms with Crippen LogP contribution in [0.2, 0.25) is 0 Å². The second-order valence-corrected chi connectivity index (χ2v) is 5.72. The first-order valence-electron chi connectivity index (χ1n) is 6.78. The highest BCUT2D eigenvalue weighted by molar-refractivity contribution is 7.98. The molecule has 108 valence electrons. The molecule has 0 bridgehead atoms. The van der Waals surface area contributed by atoms with Crippen LogP contribution in [0.15, 0.2) is 29.6 Å². The van der Waals surface area contributed by atoms with Gasteiger partial charge in [-0.15, -0.1) is 11.8 Å². The van der Waals surface area contributed by atoms with E-state index in [2.05, 4.69) is 15.0 Å². The first kappa shape index (κ1) is 14.0. The zero-order chi connectivity index (χ0) is 14.8. The molecule has 0 aromatic carbocycles. The highest BCUT2D eigenvalue weighted by atomic mass is 32.2. The molecule has 0 aliphatic carbocycles. The van der Waals surface area contributed by atoms with Crippen molar-refractivity contribution >= 4 is 17.7 Å². The first-order chi connectivity index (χ1) is 10.2. The number of rotatable bonds is 2. The highest BCUT2D eigenvalue weighted by Crippen LogP contribution is 2.22. The quantitative estimate of drug-likeness (QED) is 0.795. The van der Waals surface area contributed by atoms with Gasteiger partial charge in [-0.05, 0) is 25.3 Å². The summed E-state index contributed by atoms with van der Waals surface area (Å²) in [5.41, 5.74) is 2.76. The fraction of sp³-hybridized carbons (Fsp3) is 0.333. The third kappa shape index (κ3) is 2.76. The van der Waals surface area contributed by atoms with Gasteiger partial charge in [0, 0.05) is 37.5 Å². The summed E-state index contributed by atoms with van der Waals surface area (Å²) in [6.45, 7) is 3.14. The Bertz CT molecular complexity index is 689. The number of amides is 1. The van der Waals surface area contributed by atoms with Crippen molar-refractivity contribution in [1.29, 1.82) is 0 Å². The van der Waals surface area contributed by atoms with Gasteiger partial charge in [-0.25, -0.2) is 15.0 Å². The Morgan fingerprint density at radius 3 is 3.05 bits per heavy atom. The fourth-order valence-corrected chi connectivity index (χ4v) is 3.02. The average Bonchev–Trinajstić information content (AvgIpc) is 2.53. The van der Waals surface area contributed by atoms with Crippen molar-refractivity contribution in [3.63, 3.8) is 0 Å². The zero-order valence-electron chi connectivity index (χ0n) is 12.0. The maximum absolute atomic E-state index is 12.7. The number of hydrogen-bond acceptors (Lipinski definition) is 5. The van der Waals surface area contributed by atoms with E-state index in [1.54, 1.807) is 12.3 Å². The first-order valence-corrected chi connectivity index (χ1v) is 8.01. The standard InChI is InChI=1S/C15H16N4OS/c1-10-17-8-11-9-19(7-5-13(11)18-10)15(20)12-4-3-6-16-14(12)21-2/h3-4,6,8H,5,7,9H2,1-2H3. The maximum Gasteiger partial charge on any atom is 0.256 e. The van der Waals surface area contributed by atoms with Crippen LogP contribution in [-0.4, -0.2) is 38.6 Å². The Kier molecular flexibility index (Phi) is 3.88. The lowest BCUT2D eigenvalue weighted by Gasteiger charge is -2.28. The number of aromatic nitrogens is 3. The number of carbonyl (C=O) groups is 1. The Hall–Kier alpha value is -1.95. The Labute approximate surface area is 127 Å². The molecule has 0 atom stereocenters. The summed E-state index contributed by atoms with van der Waals surface area (Å²) in [5.74, 6) is 0.809. The second kappa shape index (κ2) is 5.81. The molecule has 0 N–H and O–H groups in total. The van der Waals surface area contributed by atoms with Gasteiger partial charge in [0.1, 0.15) is 10.9 Å². The summed E-state index contributed by atoms with van der Waals surface area (Å²) in [4.78, 5) is 27.5. The molecule has 3 heterocycles. The summed E-state index contributed by atoms with van der Waals surface area (Å²) in [6.07, 6.45) is 6.25. The van der Waals surface area contributed by atoms with Crippen LogP contribution < -0.4 is 0 Å². The lowest BCUT2D eigenvalue weighted by atomic mass is 10.1. The van der Waals surface area contributed by atoms with E-state index < -0.39 is 0 Å². The molecule has 0 radical (unpaired) electrons. The van der Waals surface area contributed by atoms with E-state index >= 15 is 0 Å². The summed E-state index contributed by atoms with van der Waals surface area (Å²) in [7, 11) is 0. The van der Waals surface area contributed by atoms with Crippen molar-refractivity contribution in [3.05, 3.63) is 47.2 Å². The molecular formula is C15H16N4OS. The molecule has 0 spiro atoms. The molecule has 6 heteroatoms. The third-order valence-corrected chi connectivity index (χ3v) is 4.25. The van der Waals surface area contributed by atoms with Gasteiger partial charge >= 0.3 is 0 Å². The van der Waals surface area contributed by atoms with Gasteiger partial charge < -0.3 is 4.90 Å². The number of nitrogens with zero attached hydrogens (tertiary/aromatic N) is 4. The number of fused-ring (bicyclic) bond motifs is 1. The number of aryl methyl sites for hydroxylation is 1. The van der Waals surface area contributed by atoms with Crippen molar-refractivity contribution in [2.24, 2.45) is 0 Å². The topological polar surface area (TPSA) is 59.0 Å². The second-order valence-electron chi connectivity index (χ2n) is 4.93. The van der Waals surface area contributed by atoms with Crippen molar-refractivity contribution in [3.8, 4) is 0 Å². The van der Waals surface area contributed by atoms with Gasteiger partial charge in [-0.1, -0.05) is 0 Å². The van der Waals surface area contributed by atoms with Gasteiger partial charge in [-0.2, -0.15) is 0 Å². The minimum atomic E-state index is 0.0266. The molecule has 21 heavy (non-hydrogen) atoms. The zero-order valence-corrected chi connectivity index (χ0v) is 12.9. The monoisotopic (exact) mass is 300 g/mol. The summed E-state index contributed by atoms with van der Waals surface area (Å²) in [6, 6.07) is 3.64. The minimum Gasteiger partial charge on any atom is -0.334 e. The number of hydrogen-bond donors (Lipinski definition) is 0. The normalized spacial score (nSPS) is 13.9. The van der Waals surface area contributed by atoms with Crippen LogP contribution in [0.4, 0.5) is 0 Å². The van der Waals surface area contributed by atoms with Gasteiger partial charge in [0.25, 0.3) is 5.91 Å². The van der Waals surface area contributed by atoms with Crippen molar-refractivity contribution < 1.29 is 4.79 Å². The lowest BCUT2D eigenvalue weighted by molar-refractivity contribution is 0.0729. The smallest absolute Gasteiger partial charge is 0.256 e. The number of thioether (sulfide) groups is 1. The third-order valence-electron chi connectivity index (χ3n) is 3.54. The van der Waals surface area contributed by atoms with Gasteiger partial charge in [-0.3, -0.25) is 4.79 Å². The number of pyridine rings is 1. The Balaban J connectivity index is 1.85. The Morgan fingerprint density at radius 1 is 1.38 bits per heavy atom. The van der Waals surface area contributed by atoms with E-state index in [0.717, 1.165) is 28.5 Å². The minimum absolute atomic E-state index is 0.0266. The molecule has 2 aromatic heterocycles. The predicted molar refractivity (Wildman–Crippen MR) is 81.2 cm³/mol. The summed E-state index contributed by atoms with van der Waals surface area (Å²) in [5, 5.41) is 0.772. The highest BCUT2D eigenvalue weighted by Gasteiger charge is 2.24. The molecule has 0 fully saturated rings. The van der Waals surface area contributed by atoms with Crippen LogP contribution in [0.1, 0.15) is 27.4 Å². The van der Waals surface area contributed by atoms with Gasteiger partial charge in [0.05, 0.1) is 11.3 Å². The van der Waals surface area contributed by atoms with E-state index in [4.69, 9.17) is 0 Å². The van der Waals surface area contributed by atoms with E-state index in [0.29, 0.717) is 18.7 Å². The molecule has 1 aliphatic rings. The molecule has 3 rings (SSSR count). The molecular weight excluding hydrogens is 284 g/mol. The van der Waals surface area contributed by atoms with Crippen molar-refractivity contribution in [1.82, 2.24) is 19.9 Å². The van der Waals surface area contributed by atoms with E-state index in [-0.39, 0.29) is 5.91 Å². The van der Waals surface area contributed by atoms with Crippen LogP contribution in [0.5, 0.6) is 0 Å². The molecule has 1 aliphatic heterocycles. The van der Waals surface area contributed by atoms with Crippen LogP contribution in [0, 0.1) is 6.92 Å².